The van der Waals surface area contributed by atoms with Crippen LogP contribution in [0.1, 0.15) is 39.7 Å². The Morgan fingerprint density at radius 1 is 0.889 bits per heavy atom. The topological polar surface area (TPSA) is 91.0 Å². The average molecular weight is 486 g/mol. The smallest absolute Gasteiger partial charge is 0.410 e. The minimum absolute atomic E-state index is 0.242. The number of hydrogen-bond acceptors (Lipinski definition) is 6. The van der Waals surface area contributed by atoms with Crippen molar-refractivity contribution in [1.82, 2.24) is 34.4 Å². The average Bonchev–Trinajstić information content (AvgIpc) is 3.53. The summed E-state index contributed by atoms with van der Waals surface area (Å²) < 4.78 is 9.27. The maximum absolute atomic E-state index is 12.3. The molecule has 0 radical (unpaired) electrons. The zero-order chi connectivity index (χ0) is 25.3. The van der Waals surface area contributed by atoms with E-state index in [1.165, 1.54) is 0 Å². The van der Waals surface area contributed by atoms with E-state index >= 15 is 0 Å². The number of piperidine rings is 1. The van der Waals surface area contributed by atoms with Crippen molar-refractivity contribution in [2.75, 3.05) is 13.1 Å². The number of rotatable bonds is 4. The van der Waals surface area contributed by atoms with Gasteiger partial charge in [-0.15, -0.1) is 0 Å². The highest BCUT2D eigenvalue weighted by molar-refractivity contribution is 5.68. The minimum Gasteiger partial charge on any atom is -0.444 e. The molecule has 0 spiro atoms. The monoisotopic (exact) mass is 485 g/mol. The van der Waals surface area contributed by atoms with Crippen molar-refractivity contribution < 1.29 is 9.53 Å². The highest BCUT2D eigenvalue weighted by Gasteiger charge is 2.28. The van der Waals surface area contributed by atoms with Gasteiger partial charge in [0.15, 0.2) is 0 Å². The highest BCUT2D eigenvalue weighted by Crippen LogP contribution is 2.27. The Kier molecular flexibility index (Phi) is 6.30. The number of aryl methyl sites for hydroxylation is 1. The molecule has 0 bridgehead atoms. The predicted molar refractivity (Wildman–Crippen MR) is 137 cm³/mol. The van der Waals surface area contributed by atoms with Gasteiger partial charge >= 0.3 is 6.09 Å². The van der Waals surface area contributed by atoms with Gasteiger partial charge < -0.3 is 9.64 Å². The van der Waals surface area contributed by atoms with Crippen molar-refractivity contribution in [3.63, 3.8) is 0 Å². The Bertz CT molecular complexity index is 1340. The second kappa shape index (κ2) is 9.56. The molecule has 0 unspecified atom stereocenters. The van der Waals surface area contributed by atoms with Crippen molar-refractivity contribution in [2.24, 2.45) is 7.05 Å². The summed E-state index contributed by atoms with van der Waals surface area (Å²) in [7, 11) is 1.89. The maximum atomic E-state index is 12.3. The lowest BCUT2D eigenvalue weighted by atomic mass is 10.1. The number of ether oxygens (including phenoxy) is 1. The van der Waals surface area contributed by atoms with Gasteiger partial charge in [0.25, 0.3) is 0 Å². The Balaban J connectivity index is 1.24. The van der Waals surface area contributed by atoms with Crippen LogP contribution in [0.3, 0.4) is 0 Å². The molecule has 1 saturated heterocycles. The molecule has 36 heavy (non-hydrogen) atoms. The fraction of sp³-hybridized carbons (Fsp3) is 0.370. The zero-order valence-electron chi connectivity index (χ0n) is 21.1. The van der Waals surface area contributed by atoms with Gasteiger partial charge in [-0.1, -0.05) is 12.1 Å². The van der Waals surface area contributed by atoms with Crippen LogP contribution in [0.4, 0.5) is 4.79 Å². The van der Waals surface area contributed by atoms with E-state index in [1.54, 1.807) is 9.58 Å². The molecular formula is C27H31N7O2. The third kappa shape index (κ3) is 5.30. The molecule has 186 valence electrons. The maximum Gasteiger partial charge on any atom is 0.410 e. The number of hydrogen-bond donors (Lipinski definition) is 0. The fourth-order valence-corrected chi connectivity index (χ4v) is 4.33. The molecule has 5 rings (SSSR count). The van der Waals surface area contributed by atoms with Crippen molar-refractivity contribution in [3.05, 3.63) is 61.3 Å². The second-order valence-corrected chi connectivity index (χ2v) is 10.2. The molecule has 1 fully saturated rings. The zero-order valence-corrected chi connectivity index (χ0v) is 21.1. The van der Waals surface area contributed by atoms with Crippen LogP contribution in [0, 0.1) is 0 Å². The fourth-order valence-electron chi connectivity index (χ4n) is 4.33. The molecule has 1 aliphatic heterocycles. The van der Waals surface area contributed by atoms with E-state index in [-0.39, 0.29) is 12.1 Å². The number of likely N-dealkylation sites (tertiary alicyclic amines) is 1. The van der Waals surface area contributed by atoms with E-state index in [0.29, 0.717) is 13.1 Å². The molecule has 0 atom stereocenters. The van der Waals surface area contributed by atoms with E-state index in [2.05, 4.69) is 21.4 Å². The van der Waals surface area contributed by atoms with Gasteiger partial charge in [0.05, 0.1) is 35.5 Å². The van der Waals surface area contributed by atoms with Crippen LogP contribution in [0.25, 0.3) is 33.8 Å². The third-order valence-electron chi connectivity index (χ3n) is 6.20. The molecule has 0 saturated carbocycles. The molecular weight excluding hydrogens is 454 g/mol. The predicted octanol–water partition coefficient (Wildman–Crippen LogP) is 4.98. The lowest BCUT2D eigenvalue weighted by molar-refractivity contribution is 0.0185. The number of nitrogens with zero attached hydrogens (tertiary/aromatic N) is 7. The van der Waals surface area contributed by atoms with Crippen LogP contribution in [0.2, 0.25) is 0 Å². The van der Waals surface area contributed by atoms with Crippen LogP contribution < -0.4 is 0 Å². The van der Waals surface area contributed by atoms with E-state index in [0.717, 1.165) is 46.6 Å². The number of pyridine rings is 2. The van der Waals surface area contributed by atoms with Crippen LogP contribution >= 0.6 is 0 Å². The highest BCUT2D eigenvalue weighted by atomic mass is 16.6. The quantitative estimate of drug-likeness (QED) is 0.405. The van der Waals surface area contributed by atoms with Gasteiger partial charge in [0, 0.05) is 55.4 Å². The van der Waals surface area contributed by atoms with Crippen molar-refractivity contribution in [2.45, 2.75) is 45.3 Å². The number of carbonyl (C=O) groups is 1. The first-order valence-electron chi connectivity index (χ1n) is 12.2. The molecule has 1 aliphatic rings. The van der Waals surface area contributed by atoms with Crippen molar-refractivity contribution >= 4 is 6.09 Å². The summed E-state index contributed by atoms with van der Waals surface area (Å²) in [6, 6.07) is 10.2. The molecule has 9 nitrogen and oxygen atoms in total. The number of amides is 1. The minimum atomic E-state index is -0.480. The lowest BCUT2D eigenvalue weighted by Gasteiger charge is -2.33. The first-order chi connectivity index (χ1) is 17.2. The molecule has 9 heteroatoms. The molecule has 0 N–H and O–H groups in total. The standard InChI is InChI=1S/C27H31N7O2/c1-27(2,3)36-26(35)33-12-10-22(11-13-33)34-18-20(15-30-34)19-8-9-24(28-14-19)25-7-5-6-23(31-25)21-16-29-32(4)17-21/h5-9,14-18,22H,10-13H2,1-4H3. The summed E-state index contributed by atoms with van der Waals surface area (Å²) in [5.41, 5.74) is 5.00. The molecule has 0 aliphatic carbocycles. The second-order valence-electron chi connectivity index (χ2n) is 10.2. The molecule has 4 aromatic rings. The number of carbonyl (C=O) groups excluding carboxylic acids is 1. The molecule has 1 amide bonds. The van der Waals surface area contributed by atoms with E-state index < -0.39 is 5.60 Å². The summed E-state index contributed by atoms with van der Waals surface area (Å²) in [4.78, 5) is 23.5. The third-order valence-corrected chi connectivity index (χ3v) is 6.20. The normalized spacial score (nSPS) is 14.7. The Hall–Kier alpha value is -4.01. The van der Waals surface area contributed by atoms with Crippen LogP contribution in [0.15, 0.2) is 61.3 Å². The van der Waals surface area contributed by atoms with Crippen LogP contribution in [0.5, 0.6) is 0 Å². The van der Waals surface area contributed by atoms with E-state index in [1.807, 2.05) is 87.6 Å². The lowest BCUT2D eigenvalue weighted by Crippen LogP contribution is -2.42. The molecule has 5 heterocycles. The summed E-state index contributed by atoms with van der Waals surface area (Å²) in [6.07, 6.45) is 11.0. The van der Waals surface area contributed by atoms with Crippen molar-refractivity contribution in [1.29, 1.82) is 0 Å². The van der Waals surface area contributed by atoms with Gasteiger partial charge in [-0.3, -0.25) is 14.3 Å². The molecule has 0 aromatic carbocycles. The van der Waals surface area contributed by atoms with Crippen LogP contribution in [-0.4, -0.2) is 59.2 Å². The van der Waals surface area contributed by atoms with Gasteiger partial charge in [0.1, 0.15) is 5.60 Å². The summed E-state index contributed by atoms with van der Waals surface area (Å²) in [5.74, 6) is 0. The first kappa shape index (κ1) is 23.7. The SMILES string of the molecule is Cn1cc(-c2cccc(-c3ccc(-c4cnn(C5CCN(C(=O)OC(C)(C)C)CC5)c4)cn3)n2)cn1. The van der Waals surface area contributed by atoms with E-state index in [9.17, 15) is 4.79 Å². The first-order valence-corrected chi connectivity index (χ1v) is 12.2. The molecule has 4 aromatic heterocycles. The van der Waals surface area contributed by atoms with Gasteiger partial charge in [-0.2, -0.15) is 10.2 Å². The van der Waals surface area contributed by atoms with Crippen LogP contribution in [-0.2, 0) is 11.8 Å². The summed E-state index contributed by atoms with van der Waals surface area (Å²) in [6.45, 7) is 6.99. The Morgan fingerprint density at radius 2 is 1.64 bits per heavy atom. The number of aromatic nitrogens is 6. The Labute approximate surface area is 210 Å². The Morgan fingerprint density at radius 3 is 2.31 bits per heavy atom. The van der Waals surface area contributed by atoms with Gasteiger partial charge in [0.2, 0.25) is 0 Å². The summed E-state index contributed by atoms with van der Waals surface area (Å²) >= 11 is 0. The largest absolute Gasteiger partial charge is 0.444 e. The van der Waals surface area contributed by atoms with Crippen molar-refractivity contribution in [3.8, 4) is 33.8 Å². The summed E-state index contributed by atoms with van der Waals surface area (Å²) in [5, 5.41) is 8.84. The van der Waals surface area contributed by atoms with Gasteiger partial charge in [-0.25, -0.2) is 9.78 Å². The van der Waals surface area contributed by atoms with Gasteiger partial charge in [-0.05, 0) is 51.8 Å². The van der Waals surface area contributed by atoms with E-state index in [4.69, 9.17) is 9.72 Å².